The highest BCUT2D eigenvalue weighted by molar-refractivity contribution is 6.51. The fourth-order valence-electron chi connectivity index (χ4n) is 2.44. The first-order chi connectivity index (χ1) is 8.73. The first kappa shape index (κ1) is 18.5. The Morgan fingerprint density at radius 1 is 0.889 bits per heavy atom. The summed E-state index contributed by atoms with van der Waals surface area (Å²) in [5.74, 6) is 0. The van der Waals surface area contributed by atoms with Gasteiger partial charge in [-0.3, -0.25) is 4.90 Å². The van der Waals surface area contributed by atoms with Crippen molar-refractivity contribution in [3.63, 3.8) is 0 Å². The second kappa shape index (κ2) is 12.5. The average Bonchev–Trinajstić information content (AvgIpc) is 2.41. The van der Waals surface area contributed by atoms with Crippen molar-refractivity contribution >= 4 is 14.5 Å². The van der Waals surface area contributed by atoms with E-state index in [0.29, 0.717) is 6.23 Å². The van der Waals surface area contributed by atoms with E-state index in [9.17, 15) is 0 Å². The summed E-state index contributed by atoms with van der Waals surface area (Å²) in [5, 5.41) is 2.74. The van der Waals surface area contributed by atoms with Crippen molar-refractivity contribution in [1.82, 2.24) is 4.90 Å². The van der Waals surface area contributed by atoms with Crippen LogP contribution in [0.1, 0.15) is 66.7 Å². The molecule has 0 aromatic rings. The Kier molecular flexibility index (Phi) is 12.8. The van der Waals surface area contributed by atoms with Crippen LogP contribution in [0, 0.1) is 0 Å². The summed E-state index contributed by atoms with van der Waals surface area (Å²) >= 11 is -0.970. The number of unbranched alkanes of at least 4 members (excludes halogenated alkanes) is 2. The molecule has 0 N–H and O–H groups in total. The molecular formula is C15H34AlNO. The molecule has 108 valence electrons. The monoisotopic (exact) mass is 271 g/mol. The van der Waals surface area contributed by atoms with Gasteiger partial charge in [0, 0.05) is 0 Å². The van der Waals surface area contributed by atoms with E-state index in [1.165, 1.54) is 36.2 Å². The normalized spacial score (nSPS) is 13.0. The van der Waals surface area contributed by atoms with Crippen LogP contribution in [0.3, 0.4) is 0 Å². The van der Waals surface area contributed by atoms with E-state index in [0.717, 1.165) is 19.5 Å². The highest BCUT2D eigenvalue weighted by atomic mass is 27.2. The van der Waals surface area contributed by atoms with Crippen LogP contribution < -0.4 is 0 Å². The van der Waals surface area contributed by atoms with Gasteiger partial charge in [-0.25, -0.2) is 0 Å². The fraction of sp³-hybridized carbons (Fsp3) is 1.00. The zero-order valence-electron chi connectivity index (χ0n) is 13.4. The van der Waals surface area contributed by atoms with Crippen LogP contribution in [-0.2, 0) is 3.79 Å². The molecule has 3 heteroatoms. The zero-order chi connectivity index (χ0) is 13.8. The van der Waals surface area contributed by atoms with Crippen LogP contribution in [0.4, 0.5) is 0 Å². The standard InChI is InChI=1S/C7H16NO.2C4H9.Al/c1-4-7(9)8(5-2)6-3;2*1-3-4-2;/h7H,4-6H2,1-3H3;2*1,3-4H2,2H3;/q-1;;;+1. The molecule has 0 amide bonds. The van der Waals surface area contributed by atoms with E-state index in [1.807, 2.05) is 0 Å². The van der Waals surface area contributed by atoms with E-state index in [-0.39, 0.29) is 0 Å². The first-order valence-corrected chi connectivity index (χ1v) is 10.2. The predicted molar refractivity (Wildman–Crippen MR) is 83.3 cm³/mol. The summed E-state index contributed by atoms with van der Waals surface area (Å²) in [6, 6.07) is 0. The van der Waals surface area contributed by atoms with Crippen molar-refractivity contribution in [1.29, 1.82) is 0 Å². The van der Waals surface area contributed by atoms with E-state index >= 15 is 0 Å². The SMILES string of the molecule is CCC[CH2][Al]([CH2]CCC)[O]C(CC)N(CC)CC. The lowest BCUT2D eigenvalue weighted by atomic mass is 10.3. The minimum Gasteiger partial charge on any atom is -0.487 e. The molecule has 0 bridgehead atoms. The third-order valence-corrected chi connectivity index (χ3v) is 6.48. The maximum Gasteiger partial charge on any atom is 0.461 e. The van der Waals surface area contributed by atoms with Crippen molar-refractivity contribution < 1.29 is 3.79 Å². The second-order valence-corrected chi connectivity index (χ2v) is 7.80. The van der Waals surface area contributed by atoms with Gasteiger partial charge in [-0.1, -0.05) is 70.9 Å². The second-order valence-electron chi connectivity index (χ2n) is 5.13. The van der Waals surface area contributed by atoms with Crippen molar-refractivity contribution in [2.45, 2.75) is 83.5 Å². The molecule has 0 spiro atoms. The van der Waals surface area contributed by atoms with E-state index in [1.54, 1.807) is 0 Å². The lowest BCUT2D eigenvalue weighted by molar-refractivity contribution is 0.0265. The van der Waals surface area contributed by atoms with Crippen molar-refractivity contribution in [3.8, 4) is 0 Å². The molecule has 1 atom stereocenters. The van der Waals surface area contributed by atoms with Crippen LogP contribution >= 0.6 is 0 Å². The largest absolute Gasteiger partial charge is 0.487 e. The summed E-state index contributed by atoms with van der Waals surface area (Å²) in [6.45, 7) is 13.5. The summed E-state index contributed by atoms with van der Waals surface area (Å²) in [5.41, 5.74) is 0. The lowest BCUT2D eigenvalue weighted by Gasteiger charge is -2.32. The van der Waals surface area contributed by atoms with Gasteiger partial charge < -0.3 is 3.79 Å². The summed E-state index contributed by atoms with van der Waals surface area (Å²) in [6.07, 6.45) is 6.83. The minimum atomic E-state index is -0.970. The number of hydrogen-bond acceptors (Lipinski definition) is 2. The maximum absolute atomic E-state index is 6.51. The molecule has 0 aliphatic rings. The third-order valence-electron chi connectivity index (χ3n) is 3.68. The number of rotatable bonds is 12. The molecule has 0 radical (unpaired) electrons. The fourth-order valence-corrected chi connectivity index (χ4v) is 5.53. The molecule has 0 saturated carbocycles. The molecule has 2 nitrogen and oxygen atoms in total. The van der Waals surface area contributed by atoms with Crippen LogP contribution in [-0.4, -0.2) is 38.7 Å². The predicted octanol–water partition coefficient (Wildman–Crippen LogP) is 4.67. The van der Waals surface area contributed by atoms with E-state index < -0.39 is 14.5 Å². The summed E-state index contributed by atoms with van der Waals surface area (Å²) < 4.78 is 6.51. The molecule has 0 rings (SSSR count). The van der Waals surface area contributed by atoms with Crippen molar-refractivity contribution in [2.24, 2.45) is 0 Å². The molecule has 0 aromatic carbocycles. The van der Waals surface area contributed by atoms with Gasteiger partial charge in [-0.15, -0.1) is 0 Å². The number of hydrogen-bond donors (Lipinski definition) is 0. The molecular weight excluding hydrogens is 237 g/mol. The van der Waals surface area contributed by atoms with Crippen LogP contribution in [0.15, 0.2) is 0 Å². The van der Waals surface area contributed by atoms with Gasteiger partial charge in [0.25, 0.3) is 0 Å². The van der Waals surface area contributed by atoms with Gasteiger partial charge in [0.1, 0.15) is 0 Å². The van der Waals surface area contributed by atoms with Gasteiger partial charge in [0.2, 0.25) is 0 Å². The van der Waals surface area contributed by atoms with Crippen molar-refractivity contribution in [3.05, 3.63) is 0 Å². The van der Waals surface area contributed by atoms with Crippen LogP contribution in [0.25, 0.3) is 0 Å². The van der Waals surface area contributed by atoms with E-state index in [4.69, 9.17) is 3.79 Å². The quantitative estimate of drug-likeness (QED) is 0.378. The summed E-state index contributed by atoms with van der Waals surface area (Å²) in [4.78, 5) is 2.47. The molecule has 18 heavy (non-hydrogen) atoms. The Balaban J connectivity index is 4.29. The highest BCUT2D eigenvalue weighted by Gasteiger charge is 2.25. The minimum absolute atomic E-state index is 0.380. The van der Waals surface area contributed by atoms with E-state index in [2.05, 4.69) is 39.5 Å². The molecule has 0 aliphatic carbocycles. The third kappa shape index (κ3) is 7.79. The summed E-state index contributed by atoms with van der Waals surface area (Å²) in [7, 11) is 0. The smallest absolute Gasteiger partial charge is 0.461 e. The molecule has 1 unspecified atom stereocenters. The van der Waals surface area contributed by atoms with Crippen LogP contribution in [0.5, 0.6) is 0 Å². The Bertz CT molecular complexity index is 166. The number of nitrogens with zero attached hydrogens (tertiary/aromatic N) is 1. The first-order valence-electron chi connectivity index (χ1n) is 8.12. The maximum atomic E-state index is 6.51. The molecule has 0 fully saturated rings. The Hall–Kier alpha value is 0.452. The van der Waals surface area contributed by atoms with Gasteiger partial charge in [0.05, 0.1) is 6.23 Å². The molecule has 0 aliphatic heterocycles. The Morgan fingerprint density at radius 3 is 1.72 bits per heavy atom. The van der Waals surface area contributed by atoms with Gasteiger partial charge in [0.15, 0.2) is 0 Å². The molecule has 0 saturated heterocycles. The lowest BCUT2D eigenvalue weighted by Crippen LogP contribution is -2.40. The van der Waals surface area contributed by atoms with Crippen LogP contribution in [0.2, 0.25) is 10.6 Å². The van der Waals surface area contributed by atoms with Crippen molar-refractivity contribution in [2.75, 3.05) is 13.1 Å². The Labute approximate surface area is 120 Å². The molecule has 0 heterocycles. The average molecular weight is 271 g/mol. The van der Waals surface area contributed by atoms with Gasteiger partial charge >= 0.3 is 14.5 Å². The zero-order valence-corrected chi connectivity index (χ0v) is 14.5. The van der Waals surface area contributed by atoms with Gasteiger partial charge in [-0.05, 0) is 19.5 Å². The highest BCUT2D eigenvalue weighted by Crippen LogP contribution is 2.16. The Morgan fingerprint density at radius 2 is 1.39 bits per heavy atom. The molecule has 0 aromatic heterocycles. The van der Waals surface area contributed by atoms with Gasteiger partial charge in [-0.2, -0.15) is 0 Å². The topological polar surface area (TPSA) is 12.5 Å².